The van der Waals surface area contributed by atoms with Gasteiger partial charge in [-0.15, -0.1) is 0 Å². The number of benzene rings is 1. The van der Waals surface area contributed by atoms with E-state index in [1.165, 1.54) is 12.3 Å². The van der Waals surface area contributed by atoms with Crippen LogP contribution in [0, 0.1) is 5.82 Å². The fraction of sp³-hybridized carbons (Fsp3) is 0.333. The molecule has 1 aliphatic rings. The molecule has 0 radical (unpaired) electrons. The van der Waals surface area contributed by atoms with Crippen molar-refractivity contribution >= 4 is 5.84 Å². The first kappa shape index (κ1) is 20.1. The molecule has 0 bridgehead atoms. The van der Waals surface area contributed by atoms with Gasteiger partial charge < -0.3 is 5.73 Å². The van der Waals surface area contributed by atoms with Gasteiger partial charge in [-0.05, 0) is 12.1 Å². The fourth-order valence-electron chi connectivity index (χ4n) is 3.17. The van der Waals surface area contributed by atoms with Gasteiger partial charge in [0.05, 0.1) is 11.4 Å². The first-order valence-corrected chi connectivity index (χ1v) is 8.18. The van der Waals surface area contributed by atoms with E-state index < -0.39 is 54.4 Å². The highest BCUT2D eigenvalue weighted by molar-refractivity contribution is 5.82. The van der Waals surface area contributed by atoms with Crippen LogP contribution in [-0.4, -0.2) is 18.2 Å². The third kappa shape index (κ3) is 3.20. The summed E-state index contributed by atoms with van der Waals surface area (Å²) in [7, 11) is 0. The average molecular weight is 406 g/mol. The second-order valence-electron chi connectivity index (χ2n) is 6.38. The minimum atomic E-state index is -4.07. The summed E-state index contributed by atoms with van der Waals surface area (Å²) in [6.45, 7) is 0. The van der Waals surface area contributed by atoms with Gasteiger partial charge in [-0.3, -0.25) is 0 Å². The molecule has 2 N–H and O–H groups in total. The van der Waals surface area contributed by atoms with E-state index in [0.29, 0.717) is 6.07 Å². The molecular formula is C18H15F7N3+. The van der Waals surface area contributed by atoms with Crippen LogP contribution in [0.1, 0.15) is 30.4 Å². The lowest BCUT2D eigenvalue weighted by Gasteiger charge is -2.40. The molecule has 1 atom stereocenters. The Morgan fingerprint density at radius 3 is 2.46 bits per heavy atom. The molecule has 3 rings (SSSR count). The molecule has 28 heavy (non-hydrogen) atoms. The minimum absolute atomic E-state index is 0.0610. The molecular weight excluding hydrogens is 391 g/mol. The quantitative estimate of drug-likeness (QED) is 0.598. The predicted molar refractivity (Wildman–Crippen MR) is 86.4 cm³/mol. The van der Waals surface area contributed by atoms with E-state index >= 15 is 0 Å². The van der Waals surface area contributed by atoms with Gasteiger partial charge in [-0.1, -0.05) is 0 Å². The highest BCUT2D eigenvalue weighted by atomic mass is 19.3. The molecule has 3 nitrogen and oxygen atoms in total. The predicted octanol–water partition coefficient (Wildman–Crippen LogP) is 4.29. The van der Waals surface area contributed by atoms with Crippen molar-refractivity contribution in [1.29, 1.82) is 0 Å². The number of halogens is 7. The Morgan fingerprint density at radius 1 is 1.11 bits per heavy atom. The molecule has 0 saturated carbocycles. The molecule has 1 aromatic heterocycles. The Labute approximate surface area is 155 Å². The Hall–Kier alpha value is -2.65. The zero-order valence-electron chi connectivity index (χ0n) is 14.2. The van der Waals surface area contributed by atoms with E-state index in [1.807, 2.05) is 0 Å². The summed E-state index contributed by atoms with van der Waals surface area (Å²) in [4.78, 5) is 3.30. The second kappa shape index (κ2) is 7.06. The maximum Gasteiger partial charge on any atom is 0.283 e. The molecule has 0 saturated heterocycles. The summed E-state index contributed by atoms with van der Waals surface area (Å²) in [6, 6.07) is 4.96. The first-order chi connectivity index (χ1) is 13.1. The number of aromatic nitrogens is 1. The van der Waals surface area contributed by atoms with E-state index in [1.54, 1.807) is 0 Å². The third-order valence-corrected chi connectivity index (χ3v) is 4.62. The van der Waals surface area contributed by atoms with Crippen molar-refractivity contribution < 1.29 is 35.3 Å². The number of alkyl halides is 6. The van der Waals surface area contributed by atoms with Crippen LogP contribution in [0.25, 0.3) is 5.69 Å². The standard InChI is InChI=1S/C18H15F7N3/c19-13-4-3-11(28-7-1-2-10(9-28)15(20)21)8-12(13)18(16(22)23)17(24,25)6-5-14(26)27-18/h1-4,7-9,15-16H,5-6H2,(H2,26,27)/q+1/t18-/m0/s1. The monoisotopic (exact) mass is 406 g/mol. The third-order valence-electron chi connectivity index (χ3n) is 4.62. The molecule has 10 heteroatoms. The number of hydrogen-bond donors (Lipinski definition) is 1. The van der Waals surface area contributed by atoms with E-state index in [-0.39, 0.29) is 11.3 Å². The van der Waals surface area contributed by atoms with Crippen LogP contribution in [0.4, 0.5) is 30.7 Å². The zero-order chi connectivity index (χ0) is 20.7. The van der Waals surface area contributed by atoms with Crippen LogP contribution in [-0.2, 0) is 5.54 Å². The highest BCUT2D eigenvalue weighted by Crippen LogP contribution is 2.51. The van der Waals surface area contributed by atoms with E-state index in [9.17, 15) is 30.7 Å². The largest absolute Gasteiger partial charge is 0.387 e. The van der Waals surface area contributed by atoms with Crippen molar-refractivity contribution in [1.82, 2.24) is 0 Å². The lowest BCUT2D eigenvalue weighted by Crippen LogP contribution is -2.54. The van der Waals surface area contributed by atoms with E-state index in [0.717, 1.165) is 29.0 Å². The van der Waals surface area contributed by atoms with Gasteiger partial charge in [-0.25, -0.2) is 35.7 Å². The maximum absolute atomic E-state index is 14.6. The highest BCUT2D eigenvalue weighted by Gasteiger charge is 2.64. The fourth-order valence-corrected chi connectivity index (χ4v) is 3.17. The van der Waals surface area contributed by atoms with Gasteiger partial charge in [0.25, 0.3) is 18.8 Å². The number of amidine groups is 1. The summed E-state index contributed by atoms with van der Waals surface area (Å²) in [5.74, 6) is -5.84. The number of aliphatic imine (C=N–C) groups is 1. The van der Waals surface area contributed by atoms with E-state index in [2.05, 4.69) is 4.99 Å². The number of nitrogens with two attached hydrogens (primary N) is 1. The number of hydrogen-bond acceptors (Lipinski definition) is 2. The molecule has 1 aromatic carbocycles. The van der Waals surface area contributed by atoms with Crippen molar-refractivity contribution in [3.05, 3.63) is 59.7 Å². The lowest BCUT2D eigenvalue weighted by atomic mass is 9.79. The Bertz CT molecular complexity index is 914. The van der Waals surface area contributed by atoms with Crippen LogP contribution in [0.15, 0.2) is 47.7 Å². The summed E-state index contributed by atoms with van der Waals surface area (Å²) in [6.07, 6.45) is -5.71. The van der Waals surface area contributed by atoms with Gasteiger partial charge in [0.2, 0.25) is 11.2 Å². The van der Waals surface area contributed by atoms with Crippen molar-refractivity contribution in [3.63, 3.8) is 0 Å². The van der Waals surface area contributed by atoms with Crippen molar-refractivity contribution in [2.75, 3.05) is 0 Å². The molecule has 150 valence electrons. The summed E-state index contributed by atoms with van der Waals surface area (Å²) in [5, 5.41) is 0. The average Bonchev–Trinajstić information content (AvgIpc) is 2.64. The summed E-state index contributed by atoms with van der Waals surface area (Å²) < 4.78 is 98.4. The smallest absolute Gasteiger partial charge is 0.283 e. The maximum atomic E-state index is 14.6. The zero-order valence-corrected chi connectivity index (χ0v) is 14.2. The normalized spacial score (nSPS) is 21.8. The van der Waals surface area contributed by atoms with Crippen LogP contribution >= 0.6 is 0 Å². The first-order valence-electron chi connectivity index (χ1n) is 8.18. The molecule has 0 amide bonds. The van der Waals surface area contributed by atoms with Crippen molar-refractivity contribution in [2.24, 2.45) is 10.7 Å². The summed E-state index contributed by atoms with van der Waals surface area (Å²) in [5.41, 5.74) is 0.427. The molecule has 0 fully saturated rings. The second-order valence-corrected chi connectivity index (χ2v) is 6.38. The van der Waals surface area contributed by atoms with Crippen molar-refractivity contribution in [3.8, 4) is 5.69 Å². The Kier molecular flexibility index (Phi) is 5.07. The van der Waals surface area contributed by atoms with E-state index in [4.69, 9.17) is 5.73 Å². The van der Waals surface area contributed by atoms with Crippen LogP contribution < -0.4 is 10.3 Å². The topological polar surface area (TPSA) is 42.3 Å². The van der Waals surface area contributed by atoms with Gasteiger partial charge in [-0.2, -0.15) is 4.57 Å². The number of rotatable bonds is 4. The minimum Gasteiger partial charge on any atom is -0.387 e. The van der Waals surface area contributed by atoms with Crippen molar-refractivity contribution in [2.45, 2.75) is 37.2 Å². The van der Waals surface area contributed by atoms with Gasteiger partial charge in [0.15, 0.2) is 12.4 Å². The van der Waals surface area contributed by atoms with Crippen LogP contribution in [0.5, 0.6) is 0 Å². The molecule has 0 spiro atoms. The van der Waals surface area contributed by atoms with Gasteiger partial charge >= 0.3 is 0 Å². The number of nitrogens with zero attached hydrogens (tertiary/aromatic N) is 2. The Balaban J connectivity index is 2.23. The van der Waals surface area contributed by atoms with Gasteiger partial charge in [0, 0.05) is 36.6 Å². The number of pyridine rings is 1. The molecule has 0 unspecified atom stereocenters. The van der Waals surface area contributed by atoms with Gasteiger partial charge in [0.1, 0.15) is 5.82 Å². The van der Waals surface area contributed by atoms with Crippen LogP contribution in [0.3, 0.4) is 0 Å². The Morgan fingerprint density at radius 2 is 1.82 bits per heavy atom. The SMILES string of the molecule is NC1=N[C@@](c2cc(-[n+]3cccc(C(F)F)c3)ccc2F)(C(F)F)C(F)(F)CC1. The molecule has 2 heterocycles. The molecule has 2 aromatic rings. The lowest BCUT2D eigenvalue weighted by molar-refractivity contribution is -0.596. The molecule has 1 aliphatic heterocycles. The van der Waals surface area contributed by atoms with Crippen LogP contribution in [0.2, 0.25) is 0 Å². The molecule has 0 aliphatic carbocycles. The summed E-state index contributed by atoms with van der Waals surface area (Å²) >= 11 is 0.